The van der Waals surface area contributed by atoms with Crippen molar-refractivity contribution in [3.05, 3.63) is 110 Å². The van der Waals surface area contributed by atoms with Gasteiger partial charge in [0.1, 0.15) is 30.1 Å². The van der Waals surface area contributed by atoms with Crippen molar-refractivity contribution in [2.45, 2.75) is 50.2 Å². The van der Waals surface area contributed by atoms with Crippen LogP contribution in [0.2, 0.25) is 0 Å². The Balaban J connectivity index is 1.59. The van der Waals surface area contributed by atoms with Crippen LogP contribution in [0.25, 0.3) is 10.4 Å². The van der Waals surface area contributed by atoms with Crippen molar-refractivity contribution in [3.8, 4) is 5.75 Å². The molecule has 16 nitrogen and oxygen atoms in total. The topological polar surface area (TPSA) is 227 Å². The fourth-order valence-corrected chi connectivity index (χ4v) is 5.79. The van der Waals surface area contributed by atoms with Crippen LogP contribution in [0.3, 0.4) is 0 Å². The molecule has 1 saturated heterocycles. The van der Waals surface area contributed by atoms with Gasteiger partial charge in [0, 0.05) is 17.2 Å². The summed E-state index contributed by atoms with van der Waals surface area (Å²) in [5, 5.41) is 27.6. The minimum Gasteiger partial charge on any atom is -0.459 e. The van der Waals surface area contributed by atoms with Crippen molar-refractivity contribution in [3.63, 3.8) is 0 Å². The number of rotatable bonds is 12. The van der Waals surface area contributed by atoms with Crippen molar-refractivity contribution in [1.29, 1.82) is 0 Å². The van der Waals surface area contributed by atoms with Crippen molar-refractivity contribution in [1.82, 2.24) is 14.6 Å². The first-order valence-corrected chi connectivity index (χ1v) is 14.3. The van der Waals surface area contributed by atoms with E-state index in [-0.39, 0.29) is 12.4 Å². The van der Waals surface area contributed by atoms with E-state index in [1.807, 2.05) is 4.98 Å². The lowest BCUT2D eigenvalue weighted by molar-refractivity contribution is -0.151. The summed E-state index contributed by atoms with van der Waals surface area (Å²) in [6.45, 7) is 1.68. The number of esters is 1. The number of aromatic amines is 1. The molecular weight excluding hydrogens is 587 g/mol. The monoisotopic (exact) mass is 616 g/mol. The van der Waals surface area contributed by atoms with E-state index in [1.54, 1.807) is 48.5 Å². The number of carbonyl (C=O) groups is 1. The smallest absolute Gasteiger partial charge is 0.459 e. The highest BCUT2D eigenvalue weighted by molar-refractivity contribution is 7.52. The number of para-hydroxylation sites is 1. The molecule has 0 amide bonds. The first kappa shape index (κ1) is 31.7. The molecule has 0 bridgehead atoms. The van der Waals surface area contributed by atoms with E-state index in [4.69, 9.17) is 18.5 Å². The molecule has 1 unspecified atom stereocenters. The molecule has 0 aliphatic carbocycles. The quantitative estimate of drug-likeness (QED) is 0.0757. The predicted octanol–water partition coefficient (Wildman–Crippen LogP) is 2.11. The number of nitrogens with one attached hydrogen (secondary N) is 2. The Labute approximate surface area is 244 Å². The lowest BCUT2D eigenvalue weighted by atomic mass is 10.1. The molecule has 4 rings (SSSR count). The molecule has 0 saturated carbocycles. The van der Waals surface area contributed by atoms with E-state index in [2.05, 4.69) is 15.1 Å². The summed E-state index contributed by atoms with van der Waals surface area (Å²) in [6, 6.07) is 17.6. The number of nitrogens with zero attached hydrogens (tertiary/aromatic N) is 4. The minimum atomic E-state index is -4.61. The van der Waals surface area contributed by atoms with Crippen LogP contribution in [-0.2, 0) is 30.0 Å². The SMILES string of the molecule is CC(C)(NP(=O)(OC[C@@]1(N=[N+]=[N-])O[C@@H](n2ccc(=O)[nH]c2=O)[C@H](O)[C@@H]1O)Oc1ccccc1)C(=O)OCc1ccccc1. The number of H-pyrrole nitrogens is 1. The summed E-state index contributed by atoms with van der Waals surface area (Å²) in [5.74, 6) is -0.748. The molecule has 1 aromatic heterocycles. The fourth-order valence-electron chi connectivity index (χ4n) is 4.10. The number of aromatic nitrogens is 2. The maximum Gasteiger partial charge on any atom is 0.459 e. The Morgan fingerprint density at radius 2 is 1.81 bits per heavy atom. The molecule has 0 spiro atoms. The molecule has 1 aliphatic rings. The standard InChI is InChI=1S/C26H29N6O10P/c1-25(2,23(36)39-15-17-9-5-3-6-10-17)30-43(38,42-18-11-7-4-8-12-18)40-16-26(29-31-27)21(35)20(34)22(41-26)32-14-13-19(33)28-24(32)37/h3-14,20-22,34-35H,15-16H2,1-2H3,(H,30,38)(H,28,33,37)/t20-,21+,22-,26-,43?/m1/s1. The number of hydrogen-bond acceptors (Lipinski definition) is 11. The van der Waals surface area contributed by atoms with Gasteiger partial charge in [-0.3, -0.25) is 23.7 Å². The molecule has 5 atom stereocenters. The summed E-state index contributed by atoms with van der Waals surface area (Å²) >= 11 is 0. The zero-order valence-corrected chi connectivity index (χ0v) is 23.9. The average Bonchev–Trinajstić information content (AvgIpc) is 3.21. The van der Waals surface area contributed by atoms with Gasteiger partial charge in [-0.15, -0.1) is 0 Å². The third kappa shape index (κ3) is 7.39. The number of aliphatic hydroxyl groups excluding tert-OH is 2. The number of azide groups is 1. The maximum atomic E-state index is 14.1. The number of aliphatic hydroxyl groups is 2. The lowest BCUT2D eigenvalue weighted by Gasteiger charge is -2.32. The normalized spacial score (nSPS) is 23.1. The molecule has 4 N–H and O–H groups in total. The van der Waals surface area contributed by atoms with E-state index >= 15 is 0 Å². The van der Waals surface area contributed by atoms with Gasteiger partial charge in [0.2, 0.25) is 5.72 Å². The van der Waals surface area contributed by atoms with Gasteiger partial charge in [-0.2, -0.15) is 5.09 Å². The van der Waals surface area contributed by atoms with E-state index in [9.17, 15) is 34.7 Å². The van der Waals surface area contributed by atoms with E-state index in [0.717, 1.165) is 16.8 Å². The number of ether oxygens (including phenoxy) is 2. The Morgan fingerprint density at radius 1 is 1.16 bits per heavy atom. The second kappa shape index (κ2) is 12.9. The fraction of sp³-hybridized carbons (Fsp3) is 0.346. The van der Waals surface area contributed by atoms with Gasteiger partial charge in [0.05, 0.1) is 6.61 Å². The average molecular weight is 617 g/mol. The molecule has 1 aliphatic heterocycles. The van der Waals surface area contributed by atoms with Crippen LogP contribution in [0.4, 0.5) is 0 Å². The third-order valence-corrected chi connectivity index (χ3v) is 8.04. The maximum absolute atomic E-state index is 14.1. The van der Waals surface area contributed by atoms with E-state index < -0.39 is 61.3 Å². The summed E-state index contributed by atoms with van der Waals surface area (Å²) in [7, 11) is -4.61. The second-order valence-electron chi connectivity index (χ2n) is 9.97. The van der Waals surface area contributed by atoms with Crippen LogP contribution in [0.15, 0.2) is 87.6 Å². The minimum absolute atomic E-state index is 0.0650. The molecule has 17 heteroatoms. The Kier molecular flexibility index (Phi) is 9.52. The zero-order chi connectivity index (χ0) is 31.3. The highest BCUT2D eigenvalue weighted by Gasteiger charge is 2.56. The summed E-state index contributed by atoms with van der Waals surface area (Å²) < 4.78 is 37.1. The van der Waals surface area contributed by atoms with Crippen molar-refractivity contribution in [2.24, 2.45) is 5.11 Å². The van der Waals surface area contributed by atoms with E-state index in [1.165, 1.54) is 26.0 Å². The van der Waals surface area contributed by atoms with Gasteiger partial charge < -0.3 is 24.2 Å². The molecule has 3 aromatic rings. The zero-order valence-electron chi connectivity index (χ0n) is 23.0. The van der Waals surface area contributed by atoms with Crippen LogP contribution in [0, 0.1) is 0 Å². The summed E-state index contributed by atoms with van der Waals surface area (Å²) in [6.07, 6.45) is -4.53. The Bertz CT molecular complexity index is 1640. The van der Waals surface area contributed by atoms with Gasteiger partial charge in [0.25, 0.3) is 5.56 Å². The van der Waals surface area contributed by atoms with Gasteiger partial charge in [-0.05, 0) is 37.1 Å². The molecular formula is C26H29N6O10P. The first-order chi connectivity index (χ1) is 20.4. The molecule has 2 heterocycles. The Morgan fingerprint density at radius 3 is 2.44 bits per heavy atom. The van der Waals surface area contributed by atoms with E-state index in [0.29, 0.717) is 5.56 Å². The number of carbonyl (C=O) groups excluding carboxylic acids is 1. The lowest BCUT2D eigenvalue weighted by Crippen LogP contribution is -2.49. The van der Waals surface area contributed by atoms with Gasteiger partial charge in [-0.1, -0.05) is 53.6 Å². The molecule has 0 radical (unpaired) electrons. The molecule has 228 valence electrons. The molecule has 43 heavy (non-hydrogen) atoms. The number of hydrogen-bond donors (Lipinski definition) is 4. The van der Waals surface area contributed by atoms with Crippen molar-refractivity contribution < 1.29 is 38.1 Å². The second-order valence-corrected chi connectivity index (χ2v) is 11.6. The van der Waals surface area contributed by atoms with Crippen molar-refractivity contribution >= 4 is 13.7 Å². The third-order valence-electron chi connectivity index (χ3n) is 6.29. The Hall–Kier alpha value is -4.27. The summed E-state index contributed by atoms with van der Waals surface area (Å²) in [5.41, 5.74) is 4.14. The largest absolute Gasteiger partial charge is 0.459 e. The highest BCUT2D eigenvalue weighted by atomic mass is 31.2. The summed E-state index contributed by atoms with van der Waals surface area (Å²) in [4.78, 5) is 41.4. The van der Waals surface area contributed by atoms with Crippen molar-refractivity contribution in [2.75, 3.05) is 6.61 Å². The van der Waals surface area contributed by atoms with Crippen LogP contribution in [-0.4, -0.2) is 55.8 Å². The van der Waals surface area contributed by atoms with Crippen LogP contribution >= 0.6 is 7.75 Å². The first-order valence-electron chi connectivity index (χ1n) is 12.8. The molecule has 2 aromatic carbocycles. The van der Waals surface area contributed by atoms with Gasteiger partial charge >= 0.3 is 19.4 Å². The number of benzene rings is 2. The van der Waals surface area contributed by atoms with Gasteiger partial charge in [0.15, 0.2) is 6.23 Å². The predicted molar refractivity (Wildman–Crippen MR) is 149 cm³/mol. The van der Waals surface area contributed by atoms with Crippen LogP contribution < -0.4 is 20.9 Å². The van der Waals surface area contributed by atoms with Crippen LogP contribution in [0.5, 0.6) is 5.75 Å². The van der Waals surface area contributed by atoms with Crippen LogP contribution in [0.1, 0.15) is 25.6 Å². The molecule has 1 fully saturated rings. The van der Waals surface area contributed by atoms with Gasteiger partial charge in [-0.25, -0.2) is 9.36 Å². The highest BCUT2D eigenvalue weighted by Crippen LogP contribution is 2.49.